The molecule has 1 saturated carbocycles. The number of unbranched alkanes of at least 4 members (excludes halogenated alkanes) is 2. The van der Waals surface area contributed by atoms with Crippen molar-refractivity contribution in [1.82, 2.24) is 0 Å². The number of aliphatic carboxylic acids is 1. The number of carbonyl (C=O) groups excluding carboxylic acids is 3. The number of esters is 1. The maximum atomic E-state index is 13.9. The van der Waals surface area contributed by atoms with Gasteiger partial charge in [-0.25, -0.2) is 0 Å². The van der Waals surface area contributed by atoms with E-state index in [4.69, 9.17) is 9.47 Å². The van der Waals surface area contributed by atoms with Crippen molar-refractivity contribution >= 4 is 23.5 Å². The van der Waals surface area contributed by atoms with E-state index in [1.165, 1.54) is 38.5 Å². The van der Waals surface area contributed by atoms with Gasteiger partial charge in [-0.1, -0.05) is 121 Å². The molecule has 8 heteroatoms. The molecule has 5 rings (SSSR count). The summed E-state index contributed by atoms with van der Waals surface area (Å²) >= 11 is 0. The average Bonchev–Trinajstić information content (AvgIpc) is 3.06. The van der Waals surface area contributed by atoms with Crippen LogP contribution < -0.4 is 44.7 Å². The smallest absolute Gasteiger partial charge is 0.550 e. The summed E-state index contributed by atoms with van der Waals surface area (Å²) in [6.07, 6.45) is 10.7. The molecule has 1 aliphatic carbocycles. The summed E-state index contributed by atoms with van der Waals surface area (Å²) in [5.41, 5.74) is 4.13. The molecule has 1 heterocycles. The summed E-state index contributed by atoms with van der Waals surface area (Å²) in [4.78, 5) is 37.6. The fraction of sp³-hybridized carbons (Fsp3) is 0.488. The summed E-state index contributed by atoms with van der Waals surface area (Å²) < 4.78 is 12.1. The van der Waals surface area contributed by atoms with Crippen molar-refractivity contribution in [3.63, 3.8) is 0 Å². The number of carboxylic acid groups (broad SMARTS) is 1. The Morgan fingerprint density at radius 3 is 2.16 bits per heavy atom. The zero-order chi connectivity index (χ0) is 34.1. The molecule has 0 bridgehead atoms. The molecule has 1 N–H and O–H groups in total. The first-order valence-electron chi connectivity index (χ1n) is 17.8. The van der Waals surface area contributed by atoms with Crippen LogP contribution in [0.1, 0.15) is 139 Å². The van der Waals surface area contributed by atoms with Crippen molar-refractivity contribution in [2.45, 2.75) is 122 Å². The van der Waals surface area contributed by atoms with Gasteiger partial charge in [-0.3, -0.25) is 9.59 Å². The number of anilines is 1. The summed E-state index contributed by atoms with van der Waals surface area (Å²) in [5, 5.41) is 14.2. The fourth-order valence-corrected chi connectivity index (χ4v) is 7.27. The second-order valence-electron chi connectivity index (χ2n) is 14.5. The topological polar surface area (TPSA) is 105 Å². The van der Waals surface area contributed by atoms with Gasteiger partial charge in [-0.2, -0.15) is 0 Å². The number of hydrogen-bond acceptors (Lipinski definition) is 6. The maximum absolute atomic E-state index is 13.9. The zero-order valence-corrected chi connectivity index (χ0v) is 31.7. The molecule has 1 unspecified atom stereocenters. The first-order chi connectivity index (χ1) is 23.1. The maximum Gasteiger partial charge on any atom is 1.00 e. The molecule has 2 aliphatic rings. The van der Waals surface area contributed by atoms with E-state index in [1.807, 2.05) is 66.7 Å². The monoisotopic (exact) mass is 675 g/mol. The van der Waals surface area contributed by atoms with Crippen molar-refractivity contribution < 1.29 is 58.5 Å². The molecule has 0 saturated heterocycles. The van der Waals surface area contributed by atoms with Gasteiger partial charge in [-0.15, -0.1) is 0 Å². The molecule has 3 aromatic carbocycles. The first kappa shape index (κ1) is 38.7. The van der Waals surface area contributed by atoms with Crippen LogP contribution >= 0.6 is 0 Å². The van der Waals surface area contributed by atoms with Crippen molar-refractivity contribution in [3.8, 4) is 11.5 Å². The Hall–Kier alpha value is -3.13. The Morgan fingerprint density at radius 2 is 1.53 bits per heavy atom. The molecule has 3 aromatic rings. The minimum Gasteiger partial charge on any atom is -0.550 e. The number of fused-ring (bicyclic) bond motifs is 2. The van der Waals surface area contributed by atoms with E-state index in [0.717, 1.165) is 58.9 Å². The second kappa shape index (κ2) is 18.2. The Kier molecular flexibility index (Phi) is 14.4. The Balaban J connectivity index is 0.00000541. The van der Waals surface area contributed by atoms with E-state index in [2.05, 4.69) is 26.1 Å². The summed E-state index contributed by atoms with van der Waals surface area (Å²) in [6.45, 7) is 6.31. The first-order valence-corrected chi connectivity index (χ1v) is 17.8. The minimum absolute atomic E-state index is 0. The number of nitrogens with one attached hydrogen (secondary N) is 1. The number of ether oxygens (including phenoxy) is 2. The Morgan fingerprint density at radius 1 is 0.878 bits per heavy atom. The predicted molar refractivity (Wildman–Crippen MR) is 186 cm³/mol. The third-order valence-electron chi connectivity index (χ3n) is 9.81. The van der Waals surface area contributed by atoms with Gasteiger partial charge in [0.05, 0.1) is 6.42 Å². The van der Waals surface area contributed by atoms with Crippen LogP contribution in [0.5, 0.6) is 11.5 Å². The molecule has 0 aromatic heterocycles. The van der Waals surface area contributed by atoms with Crippen LogP contribution in [0, 0.1) is 5.92 Å². The third kappa shape index (κ3) is 10.9. The molecule has 1 amide bonds. The van der Waals surface area contributed by atoms with Crippen molar-refractivity contribution in [2.24, 2.45) is 5.92 Å². The summed E-state index contributed by atoms with van der Waals surface area (Å²) in [6, 6.07) is 21.6. The van der Waals surface area contributed by atoms with Crippen LogP contribution in [0.3, 0.4) is 0 Å². The Bertz CT molecular complexity index is 1530. The van der Waals surface area contributed by atoms with Crippen molar-refractivity contribution in [3.05, 3.63) is 89.0 Å². The quantitative estimate of drug-likeness (QED) is 0.130. The summed E-state index contributed by atoms with van der Waals surface area (Å²) in [7, 11) is 0. The number of hydrogen-bond donors (Lipinski definition) is 1. The van der Waals surface area contributed by atoms with Crippen molar-refractivity contribution in [2.75, 3.05) is 5.32 Å². The van der Waals surface area contributed by atoms with Crippen LogP contribution in [0.15, 0.2) is 66.7 Å². The molecule has 256 valence electrons. The van der Waals surface area contributed by atoms with Gasteiger partial charge in [0.2, 0.25) is 5.91 Å². The fourth-order valence-electron chi connectivity index (χ4n) is 7.27. The van der Waals surface area contributed by atoms with Gasteiger partial charge in [0.1, 0.15) is 17.6 Å². The van der Waals surface area contributed by atoms with Gasteiger partial charge in [-0.05, 0) is 59.9 Å². The zero-order valence-electron chi connectivity index (χ0n) is 29.7. The molecule has 1 fully saturated rings. The second-order valence-corrected chi connectivity index (χ2v) is 14.5. The average molecular weight is 676 g/mol. The molecule has 7 nitrogen and oxygen atoms in total. The third-order valence-corrected chi connectivity index (χ3v) is 9.81. The van der Waals surface area contributed by atoms with Gasteiger partial charge < -0.3 is 24.7 Å². The summed E-state index contributed by atoms with van der Waals surface area (Å²) in [5.74, 6) is 0.213. The van der Waals surface area contributed by atoms with E-state index in [9.17, 15) is 19.5 Å². The van der Waals surface area contributed by atoms with E-state index >= 15 is 0 Å². The van der Waals surface area contributed by atoms with Crippen LogP contribution in [0.2, 0.25) is 0 Å². The largest absolute Gasteiger partial charge is 1.00 e. The molecule has 49 heavy (non-hydrogen) atoms. The normalized spacial score (nSPS) is 15.2. The number of amides is 1. The molecule has 1 aliphatic heterocycles. The van der Waals surface area contributed by atoms with E-state index < -0.39 is 18.0 Å². The standard InChI is InChI=1S/C41H51NO6.Na/c1-41(2,3)33-23-22-29(35(48-40(46)25-24-39(44)45)19-9-5-8-16-28-14-6-4-7-15-28)26-34(33)42-38(43)27-32-30-17-10-12-20-36(30)47-37-21-13-11-18-31(32)37;/h10-13,17-18,20-23,26,28,32,35H,4-9,14-16,19,24-25,27H2,1-3H3,(H,42,43)(H,44,45);/q;+1/p-1. The van der Waals surface area contributed by atoms with E-state index in [1.54, 1.807) is 0 Å². The van der Waals surface area contributed by atoms with Crippen LogP contribution in [-0.4, -0.2) is 17.8 Å². The number of para-hydroxylation sites is 2. The van der Waals surface area contributed by atoms with Crippen LogP contribution in [0.4, 0.5) is 5.69 Å². The molecular weight excluding hydrogens is 625 g/mol. The minimum atomic E-state index is -1.28. The molecule has 1 atom stereocenters. The van der Waals surface area contributed by atoms with Crippen molar-refractivity contribution in [1.29, 1.82) is 0 Å². The van der Waals surface area contributed by atoms with Gasteiger partial charge in [0.15, 0.2) is 0 Å². The number of rotatable bonds is 14. The van der Waals surface area contributed by atoms with Gasteiger partial charge in [0.25, 0.3) is 0 Å². The van der Waals surface area contributed by atoms with Gasteiger partial charge >= 0.3 is 35.5 Å². The Labute approximate surface area is 313 Å². The predicted octanol–water partition coefficient (Wildman–Crippen LogP) is 5.90. The van der Waals surface area contributed by atoms with E-state index in [-0.39, 0.29) is 66.1 Å². The number of carboxylic acids is 1. The van der Waals surface area contributed by atoms with Gasteiger partial charge in [0, 0.05) is 35.1 Å². The molecule has 0 radical (unpaired) electrons. The molecule has 0 spiro atoms. The number of carbonyl (C=O) groups is 3. The van der Waals surface area contributed by atoms with E-state index in [0.29, 0.717) is 12.1 Å². The molecular formula is C41H50NNaO6. The number of benzene rings is 3. The van der Waals surface area contributed by atoms with Crippen LogP contribution in [-0.2, 0) is 24.5 Å². The SMILES string of the molecule is CC(C)(C)c1ccc(C(CCCCCC2CCCCC2)OC(=O)CCC(=O)[O-])cc1NC(=O)CC1c2ccccc2Oc2ccccc21.[Na+]. The van der Waals surface area contributed by atoms with Crippen LogP contribution in [0.25, 0.3) is 0 Å².